The third-order valence-electron chi connectivity index (χ3n) is 1.96. The average Bonchev–Trinajstić information content (AvgIpc) is 1.92. The molecule has 2 heteroatoms. The molecule has 0 bridgehead atoms. The first-order valence-electron chi connectivity index (χ1n) is 3.89. The average molecular weight is 141 g/mol. The smallest absolute Gasteiger partial charge is 0.0694 e. The summed E-state index contributed by atoms with van der Waals surface area (Å²) in [5.74, 6) is 0. The van der Waals surface area contributed by atoms with Crippen LogP contribution in [0.1, 0.15) is 25.7 Å². The van der Waals surface area contributed by atoms with Crippen molar-refractivity contribution in [3.8, 4) is 0 Å². The number of aliphatic hydroxyl groups is 1. The molecule has 1 aliphatic carbocycles. The number of aliphatic hydroxyl groups excluding tert-OH is 1. The van der Waals surface area contributed by atoms with E-state index in [1.165, 1.54) is 0 Å². The lowest BCUT2D eigenvalue weighted by atomic mass is 9.99. The molecule has 0 spiro atoms. The fourth-order valence-corrected chi connectivity index (χ4v) is 1.20. The number of nitrogens with two attached hydrogens (primary N) is 1. The van der Waals surface area contributed by atoms with Gasteiger partial charge in [0.25, 0.3) is 0 Å². The highest BCUT2D eigenvalue weighted by Gasteiger charge is 2.13. The maximum Gasteiger partial charge on any atom is 0.0694 e. The normalized spacial score (nSPS) is 35.0. The minimum absolute atomic E-state index is 0.00931. The lowest BCUT2D eigenvalue weighted by Crippen LogP contribution is -2.34. The van der Waals surface area contributed by atoms with Crippen LogP contribution in [0.2, 0.25) is 0 Å². The van der Waals surface area contributed by atoms with Gasteiger partial charge in [-0.1, -0.05) is 12.2 Å². The lowest BCUT2D eigenvalue weighted by Gasteiger charge is -2.18. The van der Waals surface area contributed by atoms with E-state index in [1.54, 1.807) is 0 Å². The molecule has 0 aromatic carbocycles. The predicted molar refractivity (Wildman–Crippen MR) is 41.6 cm³/mol. The fourth-order valence-electron chi connectivity index (χ4n) is 1.20. The van der Waals surface area contributed by atoms with Crippen molar-refractivity contribution in [3.05, 3.63) is 12.2 Å². The van der Waals surface area contributed by atoms with Crippen molar-refractivity contribution < 1.29 is 5.11 Å². The third kappa shape index (κ3) is 2.12. The summed E-state index contributed by atoms with van der Waals surface area (Å²) >= 11 is 0. The van der Waals surface area contributed by atoms with Crippen molar-refractivity contribution in [2.45, 2.75) is 37.8 Å². The minimum atomic E-state index is -0.287. The van der Waals surface area contributed by atoms with Crippen LogP contribution in [0.4, 0.5) is 0 Å². The van der Waals surface area contributed by atoms with Crippen molar-refractivity contribution in [2.75, 3.05) is 0 Å². The van der Waals surface area contributed by atoms with Gasteiger partial charge in [-0.15, -0.1) is 0 Å². The van der Waals surface area contributed by atoms with E-state index in [9.17, 15) is 5.11 Å². The molecule has 0 saturated carbocycles. The van der Waals surface area contributed by atoms with Gasteiger partial charge < -0.3 is 10.8 Å². The SMILES string of the molecule is N[C@@H]1CCC=CCC[C@@H]1O. The lowest BCUT2D eigenvalue weighted by molar-refractivity contribution is 0.131. The number of rotatable bonds is 0. The number of hydrogen-bond acceptors (Lipinski definition) is 2. The molecule has 0 aliphatic heterocycles. The van der Waals surface area contributed by atoms with Gasteiger partial charge in [0.1, 0.15) is 0 Å². The molecule has 2 atom stereocenters. The Morgan fingerprint density at radius 3 is 2.50 bits per heavy atom. The Bertz CT molecular complexity index is 108. The highest BCUT2D eigenvalue weighted by molar-refractivity contribution is 4.88. The Morgan fingerprint density at radius 1 is 1.20 bits per heavy atom. The first-order chi connectivity index (χ1) is 4.80. The Balaban J connectivity index is 2.40. The predicted octanol–water partition coefficient (Wildman–Crippen LogP) is 0.805. The quantitative estimate of drug-likeness (QED) is 0.490. The Labute approximate surface area is 61.7 Å². The van der Waals surface area contributed by atoms with E-state index in [0.717, 1.165) is 25.7 Å². The summed E-state index contributed by atoms with van der Waals surface area (Å²) < 4.78 is 0. The van der Waals surface area contributed by atoms with E-state index in [4.69, 9.17) is 5.73 Å². The topological polar surface area (TPSA) is 46.2 Å². The molecule has 0 aromatic rings. The molecule has 0 fully saturated rings. The van der Waals surface area contributed by atoms with E-state index in [0.29, 0.717) is 0 Å². The van der Waals surface area contributed by atoms with Crippen LogP contribution in [-0.4, -0.2) is 17.3 Å². The highest BCUT2D eigenvalue weighted by Crippen LogP contribution is 2.10. The zero-order chi connectivity index (χ0) is 7.40. The first-order valence-corrected chi connectivity index (χ1v) is 3.89. The van der Waals surface area contributed by atoms with Gasteiger partial charge in [-0.25, -0.2) is 0 Å². The van der Waals surface area contributed by atoms with Crippen LogP contribution < -0.4 is 5.73 Å². The molecule has 1 rings (SSSR count). The van der Waals surface area contributed by atoms with Gasteiger partial charge in [0.05, 0.1) is 6.10 Å². The molecule has 10 heavy (non-hydrogen) atoms. The van der Waals surface area contributed by atoms with E-state index in [-0.39, 0.29) is 12.1 Å². The highest BCUT2D eigenvalue weighted by atomic mass is 16.3. The minimum Gasteiger partial charge on any atom is -0.392 e. The van der Waals surface area contributed by atoms with Crippen molar-refractivity contribution >= 4 is 0 Å². The second-order valence-corrected chi connectivity index (χ2v) is 2.86. The van der Waals surface area contributed by atoms with Gasteiger partial charge in [0.15, 0.2) is 0 Å². The van der Waals surface area contributed by atoms with E-state index < -0.39 is 0 Å². The molecule has 58 valence electrons. The van der Waals surface area contributed by atoms with Crippen LogP contribution in [0, 0.1) is 0 Å². The van der Waals surface area contributed by atoms with Gasteiger partial charge >= 0.3 is 0 Å². The van der Waals surface area contributed by atoms with E-state index in [2.05, 4.69) is 12.2 Å². The van der Waals surface area contributed by atoms with E-state index in [1.807, 2.05) is 0 Å². The van der Waals surface area contributed by atoms with Crippen LogP contribution in [0.5, 0.6) is 0 Å². The standard InChI is InChI=1S/C8H15NO/c9-7-5-3-1-2-4-6-8(7)10/h1-2,7-8,10H,3-6,9H2/t7-,8+/m1/s1. The van der Waals surface area contributed by atoms with Crippen LogP contribution in [-0.2, 0) is 0 Å². The third-order valence-corrected chi connectivity index (χ3v) is 1.96. The van der Waals surface area contributed by atoms with Crippen LogP contribution >= 0.6 is 0 Å². The summed E-state index contributed by atoms with van der Waals surface area (Å²) in [7, 11) is 0. The number of allylic oxidation sites excluding steroid dienone is 2. The molecule has 0 unspecified atom stereocenters. The fraction of sp³-hybridized carbons (Fsp3) is 0.750. The molecule has 1 aliphatic rings. The maximum absolute atomic E-state index is 9.32. The van der Waals surface area contributed by atoms with Gasteiger partial charge in [0.2, 0.25) is 0 Å². The van der Waals surface area contributed by atoms with Crippen molar-refractivity contribution in [3.63, 3.8) is 0 Å². The van der Waals surface area contributed by atoms with Gasteiger partial charge in [-0.2, -0.15) is 0 Å². The molecule has 0 heterocycles. The molecule has 3 N–H and O–H groups in total. The monoisotopic (exact) mass is 141 g/mol. The Morgan fingerprint density at radius 2 is 1.80 bits per heavy atom. The molecule has 0 saturated heterocycles. The summed E-state index contributed by atoms with van der Waals surface area (Å²) in [5, 5.41) is 9.32. The van der Waals surface area contributed by atoms with Crippen LogP contribution in [0.15, 0.2) is 12.2 Å². The van der Waals surface area contributed by atoms with Gasteiger partial charge in [-0.3, -0.25) is 0 Å². The van der Waals surface area contributed by atoms with Crippen LogP contribution in [0.3, 0.4) is 0 Å². The summed E-state index contributed by atoms with van der Waals surface area (Å²) in [6.07, 6.45) is 7.69. The summed E-state index contributed by atoms with van der Waals surface area (Å²) in [6.45, 7) is 0. The summed E-state index contributed by atoms with van der Waals surface area (Å²) in [4.78, 5) is 0. The summed E-state index contributed by atoms with van der Waals surface area (Å²) in [6, 6.07) is -0.00931. The first kappa shape index (κ1) is 7.76. The maximum atomic E-state index is 9.32. The van der Waals surface area contributed by atoms with Crippen molar-refractivity contribution in [2.24, 2.45) is 5.73 Å². The zero-order valence-corrected chi connectivity index (χ0v) is 6.16. The molecule has 0 radical (unpaired) electrons. The van der Waals surface area contributed by atoms with E-state index >= 15 is 0 Å². The summed E-state index contributed by atoms with van der Waals surface area (Å²) in [5.41, 5.74) is 5.66. The zero-order valence-electron chi connectivity index (χ0n) is 6.16. The largest absolute Gasteiger partial charge is 0.392 e. The number of hydrogen-bond donors (Lipinski definition) is 2. The van der Waals surface area contributed by atoms with Crippen molar-refractivity contribution in [1.82, 2.24) is 0 Å². The molecule has 0 aromatic heterocycles. The van der Waals surface area contributed by atoms with Crippen LogP contribution in [0.25, 0.3) is 0 Å². The molecule has 2 nitrogen and oxygen atoms in total. The Kier molecular flexibility index (Phi) is 2.90. The van der Waals surface area contributed by atoms with Gasteiger partial charge in [0, 0.05) is 6.04 Å². The second kappa shape index (κ2) is 3.74. The van der Waals surface area contributed by atoms with Gasteiger partial charge in [-0.05, 0) is 25.7 Å². The second-order valence-electron chi connectivity index (χ2n) is 2.86. The molecule has 0 amide bonds. The Hall–Kier alpha value is -0.340. The van der Waals surface area contributed by atoms with Crippen molar-refractivity contribution in [1.29, 1.82) is 0 Å². The molecular weight excluding hydrogens is 126 g/mol. The molecular formula is C8H15NO.